The van der Waals surface area contributed by atoms with Crippen LogP contribution in [0.5, 0.6) is 0 Å². The van der Waals surface area contributed by atoms with E-state index in [1.54, 1.807) is 6.07 Å². The van der Waals surface area contributed by atoms with Crippen molar-refractivity contribution in [1.82, 2.24) is 8.75 Å². The Labute approximate surface area is 93.8 Å². The predicted molar refractivity (Wildman–Crippen MR) is 61.6 cm³/mol. The maximum atomic E-state index is 10.9. The molecule has 0 bridgehead atoms. The quantitative estimate of drug-likeness (QED) is 0.477. The molecule has 6 heteroatoms. The van der Waals surface area contributed by atoms with Crippen molar-refractivity contribution >= 4 is 39.2 Å². The number of aromatic nitrogens is 2. The fourth-order valence-electron chi connectivity index (χ4n) is 1.75. The molecule has 1 heterocycles. The summed E-state index contributed by atoms with van der Waals surface area (Å²) in [5.41, 5.74) is 1.39. The van der Waals surface area contributed by atoms with Crippen LogP contribution in [-0.2, 0) is 0 Å². The SMILES string of the molecule is O=[N+]([O-])c1cccc2ccc3nsnc3c12. The molecule has 0 spiro atoms. The highest BCUT2D eigenvalue weighted by Gasteiger charge is 2.15. The molecular formula is C10H5N3O2S. The van der Waals surface area contributed by atoms with Crippen molar-refractivity contribution in [1.29, 1.82) is 0 Å². The summed E-state index contributed by atoms with van der Waals surface area (Å²) in [6.07, 6.45) is 0. The first-order chi connectivity index (χ1) is 7.77. The zero-order valence-corrected chi connectivity index (χ0v) is 8.77. The van der Waals surface area contributed by atoms with Crippen LogP contribution >= 0.6 is 11.7 Å². The highest BCUT2D eigenvalue weighted by Crippen LogP contribution is 2.31. The smallest absolute Gasteiger partial charge is 0.258 e. The van der Waals surface area contributed by atoms with Gasteiger partial charge in [-0.3, -0.25) is 10.1 Å². The number of non-ortho nitro benzene ring substituents is 1. The zero-order valence-electron chi connectivity index (χ0n) is 7.95. The Balaban J connectivity index is 2.59. The molecule has 0 atom stereocenters. The molecule has 0 radical (unpaired) electrons. The molecule has 0 saturated carbocycles. The third kappa shape index (κ3) is 1.17. The van der Waals surface area contributed by atoms with Crippen molar-refractivity contribution in [3.63, 3.8) is 0 Å². The number of rotatable bonds is 1. The zero-order chi connectivity index (χ0) is 11.1. The summed E-state index contributed by atoms with van der Waals surface area (Å²) in [6.45, 7) is 0. The van der Waals surface area contributed by atoms with Crippen molar-refractivity contribution in [2.75, 3.05) is 0 Å². The second-order valence-electron chi connectivity index (χ2n) is 3.33. The minimum absolute atomic E-state index is 0.0794. The maximum Gasteiger partial charge on any atom is 0.279 e. The van der Waals surface area contributed by atoms with Gasteiger partial charge in [0.25, 0.3) is 5.69 Å². The van der Waals surface area contributed by atoms with Gasteiger partial charge in [0.2, 0.25) is 0 Å². The van der Waals surface area contributed by atoms with Gasteiger partial charge in [0, 0.05) is 6.07 Å². The lowest BCUT2D eigenvalue weighted by atomic mass is 10.1. The maximum absolute atomic E-state index is 10.9. The van der Waals surface area contributed by atoms with Gasteiger partial charge in [0.1, 0.15) is 11.0 Å². The van der Waals surface area contributed by atoms with Crippen LogP contribution in [0.1, 0.15) is 0 Å². The van der Waals surface area contributed by atoms with E-state index < -0.39 is 0 Å². The van der Waals surface area contributed by atoms with Gasteiger partial charge in [-0.15, -0.1) is 0 Å². The minimum atomic E-state index is -0.388. The molecule has 0 amide bonds. The van der Waals surface area contributed by atoms with Crippen molar-refractivity contribution < 1.29 is 4.92 Å². The van der Waals surface area contributed by atoms with Crippen LogP contribution < -0.4 is 0 Å². The van der Waals surface area contributed by atoms with Crippen LogP contribution in [0.2, 0.25) is 0 Å². The lowest BCUT2D eigenvalue weighted by Crippen LogP contribution is -1.89. The van der Waals surface area contributed by atoms with Gasteiger partial charge in [0.15, 0.2) is 0 Å². The number of hydrogen-bond donors (Lipinski definition) is 0. The van der Waals surface area contributed by atoms with E-state index in [2.05, 4.69) is 8.75 Å². The summed E-state index contributed by atoms with van der Waals surface area (Å²) in [5.74, 6) is 0. The van der Waals surface area contributed by atoms with E-state index in [1.165, 1.54) is 6.07 Å². The third-order valence-electron chi connectivity index (χ3n) is 2.44. The van der Waals surface area contributed by atoms with Gasteiger partial charge >= 0.3 is 0 Å². The average molecular weight is 231 g/mol. The van der Waals surface area contributed by atoms with Gasteiger partial charge in [-0.2, -0.15) is 8.75 Å². The average Bonchev–Trinajstić information content (AvgIpc) is 2.76. The Morgan fingerprint density at radius 1 is 1.19 bits per heavy atom. The van der Waals surface area contributed by atoms with Crippen LogP contribution in [0.25, 0.3) is 21.8 Å². The van der Waals surface area contributed by atoms with Crippen molar-refractivity contribution in [2.45, 2.75) is 0 Å². The molecule has 16 heavy (non-hydrogen) atoms. The molecule has 5 nitrogen and oxygen atoms in total. The summed E-state index contributed by atoms with van der Waals surface area (Å²) in [5, 5.41) is 12.3. The van der Waals surface area contributed by atoms with Crippen LogP contribution in [0.15, 0.2) is 30.3 Å². The molecule has 3 aromatic rings. The van der Waals surface area contributed by atoms with Gasteiger partial charge < -0.3 is 0 Å². The number of benzene rings is 2. The summed E-state index contributed by atoms with van der Waals surface area (Å²) < 4.78 is 8.19. The first-order valence-corrected chi connectivity index (χ1v) is 5.29. The number of fused-ring (bicyclic) bond motifs is 3. The summed E-state index contributed by atoms with van der Waals surface area (Å²) in [6, 6.07) is 8.64. The summed E-state index contributed by atoms with van der Waals surface area (Å²) in [7, 11) is 0. The van der Waals surface area contributed by atoms with E-state index in [1.807, 2.05) is 18.2 Å². The molecule has 0 aliphatic rings. The Bertz CT molecular complexity index is 707. The van der Waals surface area contributed by atoms with E-state index in [0.717, 1.165) is 17.1 Å². The molecule has 0 N–H and O–H groups in total. The first-order valence-electron chi connectivity index (χ1n) is 4.56. The first kappa shape index (κ1) is 9.17. The van der Waals surface area contributed by atoms with Gasteiger partial charge in [0.05, 0.1) is 22.0 Å². The topological polar surface area (TPSA) is 68.9 Å². The highest BCUT2D eigenvalue weighted by atomic mass is 32.1. The lowest BCUT2D eigenvalue weighted by molar-refractivity contribution is -0.383. The number of nitro groups is 1. The molecular weight excluding hydrogens is 226 g/mol. The molecule has 0 fully saturated rings. The van der Waals surface area contributed by atoms with Crippen LogP contribution in [0.3, 0.4) is 0 Å². The highest BCUT2D eigenvalue weighted by molar-refractivity contribution is 7.00. The molecule has 3 rings (SSSR count). The third-order valence-corrected chi connectivity index (χ3v) is 2.99. The molecule has 0 aliphatic carbocycles. The minimum Gasteiger partial charge on any atom is -0.258 e. The number of nitrogens with zero attached hydrogens (tertiary/aromatic N) is 3. The van der Waals surface area contributed by atoms with E-state index in [9.17, 15) is 10.1 Å². The molecule has 0 aliphatic heterocycles. The van der Waals surface area contributed by atoms with E-state index >= 15 is 0 Å². The van der Waals surface area contributed by atoms with E-state index in [-0.39, 0.29) is 10.6 Å². The van der Waals surface area contributed by atoms with Crippen molar-refractivity contribution in [3.05, 3.63) is 40.4 Å². The van der Waals surface area contributed by atoms with Crippen LogP contribution in [-0.4, -0.2) is 13.7 Å². The molecule has 0 saturated heterocycles. The second-order valence-corrected chi connectivity index (χ2v) is 3.86. The fourth-order valence-corrected chi connectivity index (χ4v) is 2.30. The molecule has 0 unspecified atom stereocenters. The van der Waals surface area contributed by atoms with Gasteiger partial charge in [-0.1, -0.05) is 18.2 Å². The van der Waals surface area contributed by atoms with Crippen LogP contribution in [0, 0.1) is 10.1 Å². The lowest BCUT2D eigenvalue weighted by Gasteiger charge is -1.99. The molecule has 2 aromatic carbocycles. The summed E-state index contributed by atoms with van der Waals surface area (Å²) >= 11 is 1.07. The molecule has 78 valence electrons. The Morgan fingerprint density at radius 2 is 2.06 bits per heavy atom. The largest absolute Gasteiger partial charge is 0.279 e. The Kier molecular flexibility index (Phi) is 1.84. The summed E-state index contributed by atoms with van der Waals surface area (Å²) in [4.78, 5) is 10.6. The van der Waals surface area contributed by atoms with Crippen molar-refractivity contribution in [3.8, 4) is 0 Å². The standard InChI is InChI=1S/C10H5N3O2S/c14-13(15)8-3-1-2-6-4-5-7-10(9(6)8)12-16-11-7/h1-5H. The van der Waals surface area contributed by atoms with Crippen LogP contribution in [0.4, 0.5) is 5.69 Å². The second kappa shape index (κ2) is 3.21. The van der Waals surface area contributed by atoms with E-state index in [4.69, 9.17) is 0 Å². The van der Waals surface area contributed by atoms with E-state index in [0.29, 0.717) is 16.4 Å². The van der Waals surface area contributed by atoms with Gasteiger partial charge in [-0.05, 0) is 11.5 Å². The van der Waals surface area contributed by atoms with Crippen molar-refractivity contribution in [2.24, 2.45) is 0 Å². The monoisotopic (exact) mass is 231 g/mol. The normalized spacial score (nSPS) is 11.0. The number of hydrogen-bond acceptors (Lipinski definition) is 5. The number of nitro benzene ring substituents is 1. The predicted octanol–water partition coefficient (Wildman–Crippen LogP) is 2.75. The fraction of sp³-hybridized carbons (Fsp3) is 0. The molecule has 1 aromatic heterocycles. The Morgan fingerprint density at radius 3 is 2.88 bits per heavy atom. The Hall–Kier alpha value is -2.08. The van der Waals surface area contributed by atoms with Gasteiger partial charge in [-0.25, -0.2) is 0 Å².